The van der Waals surface area contributed by atoms with Crippen LogP contribution in [-0.4, -0.2) is 62.6 Å². The Hall–Kier alpha value is -5.63. The van der Waals surface area contributed by atoms with E-state index >= 15 is 0 Å². The third-order valence-electron chi connectivity index (χ3n) is 11.4. The van der Waals surface area contributed by atoms with Crippen LogP contribution in [0.4, 0.5) is 37.2 Å². The Bertz CT molecular complexity index is 2960. The van der Waals surface area contributed by atoms with E-state index in [4.69, 9.17) is 31.8 Å². The van der Waals surface area contributed by atoms with Crippen LogP contribution in [0.2, 0.25) is 5.02 Å². The molecule has 2 aliphatic rings. The zero-order valence-electron chi connectivity index (χ0n) is 35.9. The third-order valence-corrected chi connectivity index (χ3v) is 12.8. The molecule has 2 aromatic heterocycles. The Kier molecular flexibility index (Phi) is 14.9. The summed E-state index contributed by atoms with van der Waals surface area (Å²) in [7, 11) is 0. The summed E-state index contributed by atoms with van der Waals surface area (Å²) in [6.45, 7) is 10.4. The fourth-order valence-electron chi connectivity index (χ4n) is 8.01. The van der Waals surface area contributed by atoms with E-state index in [1.165, 1.54) is 12.1 Å². The molecule has 2 saturated heterocycles. The smallest absolute Gasteiger partial charge is 0.132 e. The molecule has 0 bridgehead atoms. The Morgan fingerprint density at radius 2 is 1.05 bits per heavy atom. The van der Waals surface area contributed by atoms with Crippen LogP contribution in [0.1, 0.15) is 11.1 Å². The molecule has 0 radical (unpaired) electrons. The number of rotatable bonds is 6. The van der Waals surface area contributed by atoms with E-state index in [1.807, 2.05) is 80.6 Å². The standard InChI is InChI=1S/C26H23BrFN3O.C16H11ClFN.C10H13BrN2O/c1-17-25(19-6-2-4-8-21(19)28)29-22-9-5-3-7-20(22)26(17)30-23-16-18(27)10-11-24(23)31-12-14-32-15-13-31;1-10-15(17)12-7-3-5-9-14(12)19-16(10)11-6-2-4-8-13(11)18;11-8-1-2-10(9(12)7-8)13-3-5-14-6-4-13/h2-11,16H,12-15H2,1H3,(H,29,30);2-9H,1H3;1-2,7H,3-6,12H2. The molecule has 2 aliphatic heterocycles. The maximum Gasteiger partial charge on any atom is 0.132 e. The van der Waals surface area contributed by atoms with Gasteiger partial charge in [-0.25, -0.2) is 18.7 Å². The second kappa shape index (κ2) is 21.1. The van der Waals surface area contributed by atoms with Crippen molar-refractivity contribution in [3.05, 3.63) is 170 Å². The lowest BCUT2D eigenvalue weighted by Crippen LogP contribution is -2.36. The highest BCUT2D eigenvalue weighted by atomic mass is 79.9. The number of fused-ring (bicyclic) bond motifs is 2. The molecule has 3 N–H and O–H groups in total. The molecule has 4 heterocycles. The van der Waals surface area contributed by atoms with E-state index in [0.29, 0.717) is 40.8 Å². The predicted molar refractivity (Wildman–Crippen MR) is 271 cm³/mol. The van der Waals surface area contributed by atoms with Gasteiger partial charge in [0.1, 0.15) is 11.6 Å². The molecule has 0 spiro atoms. The van der Waals surface area contributed by atoms with Crippen LogP contribution < -0.4 is 20.9 Å². The molecule has 0 aliphatic carbocycles. The average Bonchev–Trinajstić information content (AvgIpc) is 3.32. The molecular weight excluding hydrogens is 974 g/mol. The lowest BCUT2D eigenvalue weighted by atomic mass is 10.0. The van der Waals surface area contributed by atoms with E-state index in [9.17, 15) is 8.78 Å². The molecular formula is C52H47Br2ClF2N6O2. The normalized spacial score (nSPS) is 13.8. The second-order valence-electron chi connectivity index (χ2n) is 15.5. The number of aromatic nitrogens is 2. The van der Waals surface area contributed by atoms with Crippen molar-refractivity contribution in [3.8, 4) is 22.5 Å². The summed E-state index contributed by atoms with van der Waals surface area (Å²) >= 11 is 13.4. The number of nitrogen functional groups attached to an aromatic ring is 1. The van der Waals surface area contributed by atoms with Crippen molar-refractivity contribution >= 4 is 93.7 Å². The van der Waals surface area contributed by atoms with Gasteiger partial charge in [-0.2, -0.15) is 0 Å². The zero-order chi connectivity index (χ0) is 45.5. The lowest BCUT2D eigenvalue weighted by Gasteiger charge is -2.31. The molecule has 8 nitrogen and oxygen atoms in total. The van der Waals surface area contributed by atoms with Gasteiger partial charge < -0.3 is 30.3 Å². The van der Waals surface area contributed by atoms with Crippen molar-refractivity contribution in [2.24, 2.45) is 0 Å². The van der Waals surface area contributed by atoms with Crippen LogP contribution >= 0.6 is 43.5 Å². The summed E-state index contributed by atoms with van der Waals surface area (Å²) in [6, 6.07) is 41.2. The Morgan fingerprint density at radius 3 is 1.62 bits per heavy atom. The molecule has 0 saturated carbocycles. The minimum absolute atomic E-state index is 0.277. The van der Waals surface area contributed by atoms with E-state index in [1.54, 1.807) is 30.3 Å². The highest BCUT2D eigenvalue weighted by Gasteiger charge is 2.20. The Labute approximate surface area is 399 Å². The number of pyridine rings is 2. The van der Waals surface area contributed by atoms with Crippen LogP contribution in [0.3, 0.4) is 0 Å². The number of hydrogen-bond donors (Lipinski definition) is 2. The monoisotopic (exact) mass is 1020 g/mol. The molecule has 13 heteroatoms. The number of benzene rings is 6. The molecule has 6 aromatic carbocycles. The molecule has 2 fully saturated rings. The fourth-order valence-corrected chi connectivity index (χ4v) is 9.00. The summed E-state index contributed by atoms with van der Waals surface area (Å²) in [6.07, 6.45) is 0. The minimum Gasteiger partial charge on any atom is -0.397 e. The van der Waals surface area contributed by atoms with Gasteiger partial charge in [0, 0.05) is 57.0 Å². The van der Waals surface area contributed by atoms with E-state index in [0.717, 1.165) is 110 Å². The van der Waals surface area contributed by atoms with Gasteiger partial charge in [0.15, 0.2) is 0 Å². The maximum absolute atomic E-state index is 14.7. The first kappa shape index (κ1) is 45.9. The number of nitrogens with zero attached hydrogens (tertiary/aromatic N) is 4. The average molecular weight is 1020 g/mol. The van der Waals surface area contributed by atoms with Gasteiger partial charge in [-0.3, -0.25) is 0 Å². The minimum atomic E-state index is -0.288. The molecule has 65 heavy (non-hydrogen) atoms. The topological polar surface area (TPSA) is 88.8 Å². The first-order chi connectivity index (χ1) is 31.6. The van der Waals surface area contributed by atoms with Crippen LogP contribution in [0, 0.1) is 25.5 Å². The lowest BCUT2D eigenvalue weighted by molar-refractivity contribution is 0.122. The van der Waals surface area contributed by atoms with Crippen LogP contribution in [-0.2, 0) is 9.47 Å². The summed E-state index contributed by atoms with van der Waals surface area (Å²) in [5.74, 6) is -0.565. The number of anilines is 5. The summed E-state index contributed by atoms with van der Waals surface area (Å²) in [4.78, 5) is 13.9. The zero-order valence-corrected chi connectivity index (χ0v) is 39.9. The van der Waals surface area contributed by atoms with E-state index in [2.05, 4.69) is 76.2 Å². The van der Waals surface area contributed by atoms with Crippen molar-refractivity contribution < 1.29 is 18.3 Å². The van der Waals surface area contributed by atoms with Gasteiger partial charge in [-0.15, -0.1) is 0 Å². The number of morpholine rings is 2. The molecule has 0 amide bonds. The van der Waals surface area contributed by atoms with Crippen molar-refractivity contribution in [2.45, 2.75) is 13.8 Å². The van der Waals surface area contributed by atoms with Gasteiger partial charge in [0.25, 0.3) is 0 Å². The highest BCUT2D eigenvalue weighted by Crippen LogP contribution is 2.40. The van der Waals surface area contributed by atoms with Crippen LogP contribution in [0.25, 0.3) is 44.3 Å². The van der Waals surface area contributed by atoms with Crippen molar-refractivity contribution in [1.82, 2.24) is 9.97 Å². The maximum atomic E-state index is 14.7. The number of hydrogen-bond acceptors (Lipinski definition) is 8. The highest BCUT2D eigenvalue weighted by molar-refractivity contribution is 9.10. The predicted octanol–water partition coefficient (Wildman–Crippen LogP) is 13.6. The van der Waals surface area contributed by atoms with Crippen LogP contribution in [0.5, 0.6) is 0 Å². The summed E-state index contributed by atoms with van der Waals surface area (Å²) in [5.41, 5.74) is 16.4. The number of ether oxygens (including phenoxy) is 2. The SMILES string of the molecule is Cc1c(-c2ccccc2F)nc2ccccc2c1Cl.Cc1c(-c2ccccc2F)nc2ccccc2c1Nc1cc(Br)ccc1N1CCOCC1.Nc1cc(Br)ccc1N1CCOCC1. The number of halogens is 5. The third kappa shape index (κ3) is 10.6. The summed E-state index contributed by atoms with van der Waals surface area (Å²) < 4.78 is 41.4. The number of nitrogens with one attached hydrogen (secondary N) is 1. The number of nitrogens with two attached hydrogens (primary N) is 1. The van der Waals surface area contributed by atoms with Crippen molar-refractivity contribution in [1.29, 1.82) is 0 Å². The van der Waals surface area contributed by atoms with Gasteiger partial charge in [0.05, 0.1) is 82.3 Å². The fraction of sp³-hybridized carbons (Fsp3) is 0.192. The van der Waals surface area contributed by atoms with Crippen LogP contribution in [0.15, 0.2) is 142 Å². The molecule has 10 rings (SSSR count). The number of para-hydroxylation sites is 2. The Balaban J connectivity index is 0.000000147. The molecule has 0 atom stereocenters. The first-order valence-corrected chi connectivity index (χ1v) is 23.2. The van der Waals surface area contributed by atoms with Gasteiger partial charge in [-0.1, -0.05) is 104 Å². The summed E-state index contributed by atoms with van der Waals surface area (Å²) in [5, 5.41) is 6.19. The van der Waals surface area contributed by atoms with Crippen molar-refractivity contribution in [2.75, 3.05) is 73.5 Å². The van der Waals surface area contributed by atoms with Crippen molar-refractivity contribution in [3.63, 3.8) is 0 Å². The second-order valence-corrected chi connectivity index (χ2v) is 17.8. The molecule has 8 aromatic rings. The van der Waals surface area contributed by atoms with E-state index in [-0.39, 0.29) is 11.6 Å². The van der Waals surface area contributed by atoms with Gasteiger partial charge in [0.2, 0.25) is 0 Å². The Morgan fingerprint density at radius 1 is 0.585 bits per heavy atom. The van der Waals surface area contributed by atoms with Gasteiger partial charge >= 0.3 is 0 Å². The van der Waals surface area contributed by atoms with E-state index < -0.39 is 0 Å². The molecule has 332 valence electrons. The molecule has 0 unspecified atom stereocenters. The van der Waals surface area contributed by atoms with Gasteiger partial charge in [-0.05, 0) is 97.8 Å². The largest absolute Gasteiger partial charge is 0.397 e. The first-order valence-electron chi connectivity index (χ1n) is 21.3. The quantitative estimate of drug-likeness (QED) is 0.159.